The molecule has 2 rings (SSSR count). The minimum absolute atomic E-state index is 0.0179. The fourth-order valence-corrected chi connectivity index (χ4v) is 4.42. The molecule has 0 fully saturated rings. The van der Waals surface area contributed by atoms with E-state index in [1.54, 1.807) is 0 Å². The van der Waals surface area contributed by atoms with E-state index in [-0.39, 0.29) is 34.1 Å². The normalized spacial score (nSPS) is 14.0. The highest BCUT2D eigenvalue weighted by molar-refractivity contribution is 7.89. The van der Waals surface area contributed by atoms with Crippen LogP contribution in [0.1, 0.15) is 51.3 Å². The Morgan fingerprint density at radius 3 is 2.52 bits per heavy atom. The second-order valence-electron chi connectivity index (χ2n) is 7.96. The van der Waals surface area contributed by atoms with Gasteiger partial charge in [0.2, 0.25) is 0 Å². The summed E-state index contributed by atoms with van der Waals surface area (Å²) in [5, 5.41) is 9.24. The average molecular weight is 446 g/mol. The number of benzene rings is 2. The number of ether oxygens (including phenoxy) is 1. The van der Waals surface area contributed by atoms with Crippen molar-refractivity contribution < 1.29 is 23.2 Å². The van der Waals surface area contributed by atoms with Gasteiger partial charge in [0.05, 0.1) is 17.7 Å². The van der Waals surface area contributed by atoms with Crippen LogP contribution in [0.5, 0.6) is 11.5 Å². The summed E-state index contributed by atoms with van der Waals surface area (Å²) in [5.41, 5.74) is 0.399. The van der Waals surface area contributed by atoms with Gasteiger partial charge in [-0.1, -0.05) is 45.4 Å². The van der Waals surface area contributed by atoms with Crippen LogP contribution >= 0.6 is 11.6 Å². The Morgan fingerprint density at radius 2 is 1.93 bits per heavy atom. The molecule has 0 aliphatic rings. The van der Waals surface area contributed by atoms with Crippen LogP contribution in [0.15, 0.2) is 30.3 Å². The molecule has 0 bridgehead atoms. The van der Waals surface area contributed by atoms with Crippen LogP contribution in [-0.2, 0) is 18.0 Å². The standard InChI is InChI=1S/C21H26ClF2NO3S/c1-5-18(25-29(27)12-21(2,3)4)16-6-7-17(22)20(19(16)24)28-15-9-13(11-26)8-14(23)10-15/h6-10,18,25-26H,5,11-12H2,1-4H3/t18-,29-/m0/s1. The van der Waals surface area contributed by atoms with Crippen molar-refractivity contribution in [3.05, 3.63) is 58.1 Å². The molecule has 0 saturated heterocycles. The molecule has 2 N–H and O–H groups in total. The molecule has 2 aromatic carbocycles. The first-order valence-electron chi connectivity index (χ1n) is 9.24. The van der Waals surface area contributed by atoms with Crippen LogP contribution in [0.4, 0.5) is 8.78 Å². The van der Waals surface area contributed by atoms with Crippen molar-refractivity contribution in [2.45, 2.75) is 46.8 Å². The predicted octanol–water partition coefficient (Wildman–Crippen LogP) is 5.65. The summed E-state index contributed by atoms with van der Waals surface area (Å²) >= 11 is 4.76. The third-order valence-electron chi connectivity index (χ3n) is 4.03. The number of hydrogen-bond donors (Lipinski definition) is 2. The van der Waals surface area contributed by atoms with Gasteiger partial charge in [0.25, 0.3) is 0 Å². The third kappa shape index (κ3) is 6.83. The van der Waals surface area contributed by atoms with Crippen molar-refractivity contribution >= 4 is 23.0 Å². The first-order chi connectivity index (χ1) is 13.5. The van der Waals surface area contributed by atoms with Crippen molar-refractivity contribution in [3.8, 4) is 11.5 Å². The molecule has 4 nitrogen and oxygen atoms in total. The molecule has 0 amide bonds. The molecule has 2 atom stereocenters. The Morgan fingerprint density at radius 1 is 1.24 bits per heavy atom. The number of aliphatic hydroxyl groups is 1. The van der Waals surface area contributed by atoms with Crippen molar-refractivity contribution in [2.75, 3.05) is 5.75 Å². The maximum absolute atomic E-state index is 15.2. The van der Waals surface area contributed by atoms with E-state index in [1.807, 2.05) is 27.7 Å². The lowest BCUT2D eigenvalue weighted by Gasteiger charge is -2.25. The average Bonchev–Trinajstić information content (AvgIpc) is 2.61. The van der Waals surface area contributed by atoms with Crippen LogP contribution in [0.2, 0.25) is 5.02 Å². The van der Waals surface area contributed by atoms with Crippen LogP contribution in [0, 0.1) is 17.0 Å². The van der Waals surface area contributed by atoms with Gasteiger partial charge in [-0.25, -0.2) is 8.78 Å². The van der Waals surface area contributed by atoms with Gasteiger partial charge in [-0.15, -0.1) is 4.72 Å². The Bertz CT molecular complexity index is 845. The Balaban J connectivity index is 2.32. The number of halogens is 3. The maximum atomic E-state index is 15.2. The zero-order valence-electron chi connectivity index (χ0n) is 16.9. The van der Waals surface area contributed by atoms with E-state index in [1.165, 1.54) is 18.2 Å². The first-order valence-corrected chi connectivity index (χ1v) is 10.9. The van der Waals surface area contributed by atoms with Gasteiger partial charge in [-0.05, 0) is 30.2 Å². The molecule has 0 saturated carbocycles. The second kappa shape index (κ2) is 10.1. The number of nitrogens with one attached hydrogen (secondary N) is 1. The second-order valence-corrected chi connectivity index (χ2v) is 9.59. The van der Waals surface area contributed by atoms with Gasteiger partial charge in [0, 0.05) is 28.4 Å². The van der Waals surface area contributed by atoms with Gasteiger partial charge >= 0.3 is 0 Å². The molecule has 29 heavy (non-hydrogen) atoms. The molecule has 0 heterocycles. The van der Waals surface area contributed by atoms with Crippen LogP contribution in [-0.4, -0.2) is 15.4 Å². The summed E-state index contributed by atoms with van der Waals surface area (Å²) in [6.45, 7) is 7.39. The lowest BCUT2D eigenvalue weighted by molar-refractivity contribution is 0.280. The summed E-state index contributed by atoms with van der Waals surface area (Å²) in [7, 11) is 0. The van der Waals surface area contributed by atoms with Crippen molar-refractivity contribution in [2.24, 2.45) is 5.41 Å². The SMILES string of the molecule is CC[C@H](N[S@@+]([O-])CC(C)(C)C)c1ccc(Cl)c(Oc2cc(F)cc(CO)c2)c1F. The molecule has 0 spiro atoms. The summed E-state index contributed by atoms with van der Waals surface area (Å²) < 4.78 is 49.8. The minimum atomic E-state index is -1.35. The highest BCUT2D eigenvalue weighted by Crippen LogP contribution is 2.37. The molecule has 8 heteroatoms. The van der Waals surface area contributed by atoms with Gasteiger partial charge in [0.15, 0.2) is 11.6 Å². The summed E-state index contributed by atoms with van der Waals surface area (Å²) in [6, 6.07) is 6.12. The van der Waals surface area contributed by atoms with Crippen molar-refractivity contribution in [1.29, 1.82) is 0 Å². The Kier molecular flexibility index (Phi) is 8.31. The Hall–Kier alpha value is -1.38. The summed E-state index contributed by atoms with van der Waals surface area (Å²) in [5.74, 6) is -1.15. The lowest BCUT2D eigenvalue weighted by atomic mass is 10.0. The maximum Gasteiger partial charge on any atom is 0.181 e. The number of aliphatic hydroxyl groups excluding tert-OH is 1. The summed E-state index contributed by atoms with van der Waals surface area (Å²) in [4.78, 5) is 0. The smallest absolute Gasteiger partial charge is 0.181 e. The first kappa shape index (κ1) is 23.9. The van der Waals surface area contributed by atoms with Gasteiger partial charge < -0.3 is 14.4 Å². The Labute approximate surface area is 178 Å². The van der Waals surface area contributed by atoms with Gasteiger partial charge in [0.1, 0.15) is 17.3 Å². The zero-order valence-corrected chi connectivity index (χ0v) is 18.5. The molecule has 0 aliphatic carbocycles. The van der Waals surface area contributed by atoms with Crippen molar-refractivity contribution in [1.82, 2.24) is 4.72 Å². The van der Waals surface area contributed by atoms with Gasteiger partial charge in [-0.3, -0.25) is 0 Å². The number of rotatable bonds is 8. The van der Waals surface area contributed by atoms with Crippen molar-refractivity contribution in [3.63, 3.8) is 0 Å². The zero-order chi connectivity index (χ0) is 21.8. The quantitative estimate of drug-likeness (QED) is 0.515. The van der Waals surface area contributed by atoms with E-state index >= 15 is 4.39 Å². The molecular weight excluding hydrogens is 420 g/mol. The van der Waals surface area contributed by atoms with Crippen LogP contribution in [0.25, 0.3) is 0 Å². The largest absolute Gasteiger partial charge is 0.598 e. The van der Waals surface area contributed by atoms with E-state index in [0.717, 1.165) is 12.1 Å². The monoisotopic (exact) mass is 445 g/mol. The third-order valence-corrected chi connectivity index (χ3v) is 6.01. The van der Waals surface area contributed by atoms with E-state index in [9.17, 15) is 14.0 Å². The fraction of sp³-hybridized carbons (Fsp3) is 0.429. The highest BCUT2D eigenvalue weighted by Gasteiger charge is 2.27. The number of hydrogen-bond acceptors (Lipinski definition) is 4. The molecule has 160 valence electrons. The minimum Gasteiger partial charge on any atom is -0.598 e. The van der Waals surface area contributed by atoms with Crippen LogP contribution in [0.3, 0.4) is 0 Å². The van der Waals surface area contributed by atoms with E-state index in [0.29, 0.717) is 17.7 Å². The molecular formula is C21H26ClF2NO3S. The van der Waals surface area contributed by atoms with Crippen LogP contribution < -0.4 is 9.46 Å². The van der Waals surface area contributed by atoms with E-state index in [4.69, 9.17) is 16.3 Å². The van der Waals surface area contributed by atoms with E-state index in [2.05, 4.69) is 4.72 Å². The summed E-state index contributed by atoms with van der Waals surface area (Å²) in [6.07, 6.45) is 0.489. The lowest BCUT2D eigenvalue weighted by Crippen LogP contribution is -2.35. The molecule has 0 radical (unpaired) electrons. The fourth-order valence-electron chi connectivity index (χ4n) is 2.76. The van der Waals surface area contributed by atoms with Gasteiger partial charge in [-0.2, -0.15) is 0 Å². The molecule has 0 aliphatic heterocycles. The molecule has 2 aromatic rings. The highest BCUT2D eigenvalue weighted by atomic mass is 35.5. The van der Waals surface area contributed by atoms with E-state index < -0.39 is 29.0 Å². The molecule has 0 unspecified atom stereocenters. The predicted molar refractivity (Wildman–Crippen MR) is 112 cm³/mol. The topological polar surface area (TPSA) is 64.5 Å². The molecule has 0 aromatic heterocycles.